The molecule has 4 N–H and O–H groups in total. The summed E-state index contributed by atoms with van der Waals surface area (Å²) < 4.78 is 33.4. The van der Waals surface area contributed by atoms with Gasteiger partial charge in [0, 0.05) is 18.8 Å². The summed E-state index contributed by atoms with van der Waals surface area (Å²) in [4.78, 5) is 0. The van der Waals surface area contributed by atoms with Gasteiger partial charge < -0.3 is 15.2 Å². The summed E-state index contributed by atoms with van der Waals surface area (Å²) in [6.07, 6.45) is 0. The van der Waals surface area contributed by atoms with E-state index in [9.17, 15) is 8.42 Å². The average molecular weight is 232 g/mol. The summed E-state index contributed by atoms with van der Waals surface area (Å²) in [6, 6.07) is 6.09. The van der Waals surface area contributed by atoms with E-state index in [1.54, 1.807) is 12.1 Å². The smallest absolute Gasteiger partial charge is 0.384 e. The Morgan fingerprint density at radius 1 is 1.33 bits per heavy atom. The number of benzene rings is 1. The van der Waals surface area contributed by atoms with E-state index in [0.717, 1.165) is 5.69 Å². The molecule has 0 bridgehead atoms. The fraction of sp³-hybridized carbons (Fsp3) is 0.250. The van der Waals surface area contributed by atoms with Gasteiger partial charge in [0.05, 0.1) is 0 Å². The summed E-state index contributed by atoms with van der Waals surface area (Å²) in [5.41, 5.74) is 6.08. The highest BCUT2D eigenvalue weighted by molar-refractivity contribution is 7.81. The van der Waals surface area contributed by atoms with Gasteiger partial charge in [-0.15, -0.1) is 0 Å². The summed E-state index contributed by atoms with van der Waals surface area (Å²) in [5.74, 6) is 0.0517. The summed E-state index contributed by atoms with van der Waals surface area (Å²) in [5, 5.41) is 2.99. The molecule has 0 aliphatic carbocycles. The lowest BCUT2D eigenvalue weighted by Gasteiger charge is -2.05. The van der Waals surface area contributed by atoms with E-state index in [0.29, 0.717) is 13.1 Å². The molecule has 0 amide bonds. The van der Waals surface area contributed by atoms with Crippen LogP contribution in [0.1, 0.15) is 0 Å². The molecule has 0 unspecified atom stereocenters. The monoisotopic (exact) mass is 232 g/mol. The number of nitrogens with two attached hydrogens (primary N) is 1. The number of hydrogen-bond acceptors (Lipinski definition) is 5. The molecule has 1 aromatic rings. The highest BCUT2D eigenvalue weighted by atomic mass is 32.3. The topological polar surface area (TPSA) is 102 Å². The van der Waals surface area contributed by atoms with Gasteiger partial charge in [-0.2, -0.15) is 8.42 Å². The average Bonchev–Trinajstić information content (AvgIpc) is 2.14. The molecule has 0 aliphatic heterocycles. The van der Waals surface area contributed by atoms with E-state index in [4.69, 9.17) is 10.3 Å². The van der Waals surface area contributed by atoms with Crippen molar-refractivity contribution < 1.29 is 17.2 Å². The van der Waals surface area contributed by atoms with Crippen molar-refractivity contribution >= 4 is 16.1 Å². The zero-order chi connectivity index (χ0) is 11.3. The van der Waals surface area contributed by atoms with Crippen LogP contribution in [0.5, 0.6) is 5.75 Å². The highest BCUT2D eigenvalue weighted by Crippen LogP contribution is 2.16. The third-order valence-electron chi connectivity index (χ3n) is 1.53. The first-order valence-corrected chi connectivity index (χ1v) is 5.59. The van der Waals surface area contributed by atoms with Crippen LogP contribution in [-0.2, 0) is 10.4 Å². The maximum Gasteiger partial charge on any atom is 0.446 e. The lowest BCUT2D eigenvalue weighted by molar-refractivity contribution is 0.387. The molecule has 0 aromatic heterocycles. The van der Waals surface area contributed by atoms with E-state index < -0.39 is 10.4 Å². The molecule has 0 fully saturated rings. The Morgan fingerprint density at radius 3 is 2.40 bits per heavy atom. The first-order chi connectivity index (χ1) is 7.01. The van der Waals surface area contributed by atoms with Crippen molar-refractivity contribution in [1.29, 1.82) is 0 Å². The Morgan fingerprint density at radius 2 is 1.93 bits per heavy atom. The van der Waals surface area contributed by atoms with Gasteiger partial charge in [0.1, 0.15) is 5.75 Å². The van der Waals surface area contributed by atoms with E-state index in [1.165, 1.54) is 12.1 Å². The first kappa shape index (κ1) is 11.8. The minimum atomic E-state index is -4.45. The fourth-order valence-corrected chi connectivity index (χ4v) is 1.32. The number of anilines is 1. The summed E-state index contributed by atoms with van der Waals surface area (Å²) >= 11 is 0. The van der Waals surface area contributed by atoms with Gasteiger partial charge in [0.25, 0.3) is 0 Å². The molecule has 0 saturated heterocycles. The number of hydrogen-bond donors (Lipinski definition) is 3. The summed E-state index contributed by atoms with van der Waals surface area (Å²) in [6.45, 7) is 1.13. The lowest BCUT2D eigenvalue weighted by Crippen LogP contribution is -2.13. The van der Waals surface area contributed by atoms with Crippen LogP contribution < -0.4 is 15.2 Å². The molecule has 7 heteroatoms. The second kappa shape index (κ2) is 4.96. The normalized spacial score (nSPS) is 11.1. The first-order valence-electron chi connectivity index (χ1n) is 4.22. The largest absolute Gasteiger partial charge is 0.446 e. The van der Waals surface area contributed by atoms with Crippen LogP contribution in [0.2, 0.25) is 0 Å². The Balaban J connectivity index is 2.64. The second-order valence-electron chi connectivity index (χ2n) is 2.75. The maximum atomic E-state index is 10.4. The van der Waals surface area contributed by atoms with Crippen LogP contribution in [0.4, 0.5) is 5.69 Å². The van der Waals surface area contributed by atoms with Crippen LogP contribution in [0.15, 0.2) is 24.3 Å². The van der Waals surface area contributed by atoms with Gasteiger partial charge in [0.15, 0.2) is 0 Å². The van der Waals surface area contributed by atoms with E-state index in [2.05, 4.69) is 9.50 Å². The van der Waals surface area contributed by atoms with Crippen LogP contribution in [0, 0.1) is 0 Å². The Hall–Kier alpha value is -1.31. The van der Waals surface area contributed by atoms with Gasteiger partial charge in [-0.1, -0.05) is 0 Å². The molecule has 1 aromatic carbocycles. The summed E-state index contributed by atoms with van der Waals surface area (Å²) in [7, 11) is -4.45. The van der Waals surface area contributed by atoms with Crippen molar-refractivity contribution in [1.82, 2.24) is 0 Å². The second-order valence-corrected chi connectivity index (χ2v) is 3.77. The molecular formula is C8H12N2O4S. The third-order valence-corrected chi connectivity index (χ3v) is 1.93. The molecular weight excluding hydrogens is 220 g/mol. The van der Waals surface area contributed by atoms with Crippen molar-refractivity contribution in [2.45, 2.75) is 0 Å². The van der Waals surface area contributed by atoms with Crippen LogP contribution in [0.25, 0.3) is 0 Å². The van der Waals surface area contributed by atoms with Gasteiger partial charge in [0.2, 0.25) is 0 Å². The highest BCUT2D eigenvalue weighted by Gasteiger charge is 2.05. The number of rotatable bonds is 5. The minimum Gasteiger partial charge on any atom is -0.384 e. The van der Waals surface area contributed by atoms with Crippen molar-refractivity contribution in [3.63, 3.8) is 0 Å². The SMILES string of the molecule is NCCNc1ccc(OS(=O)(=O)O)cc1. The molecule has 0 spiro atoms. The minimum absolute atomic E-state index is 0.0517. The van der Waals surface area contributed by atoms with Gasteiger partial charge in [-0.3, -0.25) is 4.55 Å². The van der Waals surface area contributed by atoms with Crippen LogP contribution in [-0.4, -0.2) is 26.1 Å². The van der Waals surface area contributed by atoms with E-state index >= 15 is 0 Å². The predicted molar refractivity (Wildman–Crippen MR) is 56.2 cm³/mol. The molecule has 1 rings (SSSR count). The lowest BCUT2D eigenvalue weighted by atomic mass is 10.3. The van der Waals surface area contributed by atoms with Gasteiger partial charge >= 0.3 is 10.4 Å². The molecule has 84 valence electrons. The predicted octanol–water partition coefficient (Wildman–Crippen LogP) is 0.239. The van der Waals surface area contributed by atoms with Crippen LogP contribution in [0.3, 0.4) is 0 Å². The molecule has 0 aliphatic rings. The Bertz CT molecular complexity index is 401. The van der Waals surface area contributed by atoms with Crippen molar-refractivity contribution in [2.75, 3.05) is 18.4 Å². The quantitative estimate of drug-likeness (QED) is 0.628. The molecule has 0 heterocycles. The molecule has 6 nitrogen and oxygen atoms in total. The van der Waals surface area contributed by atoms with Crippen molar-refractivity contribution in [3.05, 3.63) is 24.3 Å². The molecule has 0 saturated carbocycles. The zero-order valence-electron chi connectivity index (χ0n) is 7.88. The zero-order valence-corrected chi connectivity index (χ0v) is 8.70. The fourth-order valence-electron chi connectivity index (χ4n) is 0.966. The standard InChI is InChI=1S/C8H12N2O4S/c9-5-6-10-7-1-3-8(4-2-7)14-15(11,12)13/h1-4,10H,5-6,9H2,(H,11,12,13). The molecule has 15 heavy (non-hydrogen) atoms. The third kappa shape index (κ3) is 4.63. The Kier molecular flexibility index (Phi) is 3.89. The van der Waals surface area contributed by atoms with Crippen molar-refractivity contribution in [3.8, 4) is 5.75 Å². The Labute approximate surface area is 88.0 Å². The van der Waals surface area contributed by atoms with E-state index in [1.807, 2.05) is 0 Å². The number of nitrogens with one attached hydrogen (secondary N) is 1. The van der Waals surface area contributed by atoms with Crippen molar-refractivity contribution in [2.24, 2.45) is 5.73 Å². The molecule has 0 atom stereocenters. The molecule has 0 radical (unpaired) electrons. The van der Waals surface area contributed by atoms with Crippen LogP contribution >= 0.6 is 0 Å². The van der Waals surface area contributed by atoms with E-state index in [-0.39, 0.29) is 5.75 Å². The van der Waals surface area contributed by atoms with Gasteiger partial charge in [-0.05, 0) is 24.3 Å². The maximum absolute atomic E-state index is 10.4. The van der Waals surface area contributed by atoms with Gasteiger partial charge in [-0.25, -0.2) is 0 Å².